The summed E-state index contributed by atoms with van der Waals surface area (Å²) >= 11 is 0. The van der Waals surface area contributed by atoms with Crippen LogP contribution in [-0.4, -0.2) is 32.0 Å². The first kappa shape index (κ1) is 15.0. The Hall–Kier alpha value is -1.10. The van der Waals surface area contributed by atoms with E-state index < -0.39 is 5.60 Å². The molecule has 0 heterocycles. The molecule has 0 aliphatic heterocycles. The third-order valence-corrected chi connectivity index (χ3v) is 2.88. The standard InChI is InChI=1S/C14H23NO3/c1-3-18-13-7-5-12(6-8-13)14(16,11-17-2)9-4-10-15/h5-8,16H,3-4,9-11,15H2,1-2H3. The fourth-order valence-electron chi connectivity index (χ4n) is 1.96. The van der Waals surface area contributed by atoms with Gasteiger partial charge in [0.25, 0.3) is 0 Å². The van der Waals surface area contributed by atoms with Crippen LogP contribution < -0.4 is 10.5 Å². The first-order valence-electron chi connectivity index (χ1n) is 6.31. The van der Waals surface area contributed by atoms with Gasteiger partial charge in [0.2, 0.25) is 0 Å². The highest BCUT2D eigenvalue weighted by molar-refractivity contribution is 5.31. The third kappa shape index (κ3) is 3.98. The molecule has 0 bridgehead atoms. The molecule has 1 rings (SSSR count). The summed E-state index contributed by atoms with van der Waals surface area (Å²) in [7, 11) is 1.59. The predicted octanol–water partition coefficient (Wildman–Crippen LogP) is 1.66. The van der Waals surface area contributed by atoms with Gasteiger partial charge in [0.05, 0.1) is 13.2 Å². The summed E-state index contributed by atoms with van der Waals surface area (Å²) in [6.45, 7) is 3.40. The van der Waals surface area contributed by atoms with E-state index in [-0.39, 0.29) is 6.61 Å². The van der Waals surface area contributed by atoms with E-state index in [1.54, 1.807) is 7.11 Å². The summed E-state index contributed by atoms with van der Waals surface area (Å²) in [6.07, 6.45) is 1.35. The number of methoxy groups -OCH3 is 1. The number of aliphatic hydroxyl groups is 1. The van der Waals surface area contributed by atoms with E-state index in [2.05, 4.69) is 0 Å². The highest BCUT2D eigenvalue weighted by Gasteiger charge is 2.28. The van der Waals surface area contributed by atoms with Crippen LogP contribution in [0.5, 0.6) is 5.75 Å². The van der Waals surface area contributed by atoms with Crippen LogP contribution in [0, 0.1) is 0 Å². The minimum Gasteiger partial charge on any atom is -0.494 e. The van der Waals surface area contributed by atoms with Crippen molar-refractivity contribution in [2.45, 2.75) is 25.4 Å². The first-order valence-corrected chi connectivity index (χ1v) is 6.31. The van der Waals surface area contributed by atoms with E-state index in [9.17, 15) is 5.11 Å². The molecule has 0 aliphatic rings. The van der Waals surface area contributed by atoms with Crippen molar-refractivity contribution in [3.63, 3.8) is 0 Å². The second-order valence-electron chi connectivity index (χ2n) is 4.31. The minimum absolute atomic E-state index is 0.265. The van der Waals surface area contributed by atoms with Crippen LogP contribution in [0.15, 0.2) is 24.3 Å². The van der Waals surface area contributed by atoms with Gasteiger partial charge in [0, 0.05) is 7.11 Å². The molecular formula is C14H23NO3. The summed E-state index contributed by atoms with van der Waals surface area (Å²) < 4.78 is 10.5. The topological polar surface area (TPSA) is 64.7 Å². The van der Waals surface area contributed by atoms with E-state index in [4.69, 9.17) is 15.2 Å². The van der Waals surface area contributed by atoms with Gasteiger partial charge < -0.3 is 20.3 Å². The van der Waals surface area contributed by atoms with E-state index in [0.717, 1.165) is 17.7 Å². The normalized spacial score (nSPS) is 14.2. The van der Waals surface area contributed by atoms with Crippen LogP contribution >= 0.6 is 0 Å². The molecule has 0 radical (unpaired) electrons. The van der Waals surface area contributed by atoms with Gasteiger partial charge in [-0.1, -0.05) is 12.1 Å². The summed E-state index contributed by atoms with van der Waals surface area (Å²) in [4.78, 5) is 0. The monoisotopic (exact) mass is 253 g/mol. The van der Waals surface area contributed by atoms with Gasteiger partial charge >= 0.3 is 0 Å². The van der Waals surface area contributed by atoms with Crippen LogP contribution in [-0.2, 0) is 10.3 Å². The minimum atomic E-state index is -0.973. The van der Waals surface area contributed by atoms with Crippen molar-refractivity contribution < 1.29 is 14.6 Å². The summed E-state index contributed by atoms with van der Waals surface area (Å²) in [5.74, 6) is 0.805. The van der Waals surface area contributed by atoms with Gasteiger partial charge in [0.1, 0.15) is 11.4 Å². The van der Waals surface area contributed by atoms with Gasteiger partial charge in [-0.15, -0.1) is 0 Å². The maximum Gasteiger partial charge on any atom is 0.119 e. The molecule has 0 amide bonds. The molecule has 0 saturated carbocycles. The van der Waals surface area contributed by atoms with Gasteiger partial charge in [-0.3, -0.25) is 0 Å². The lowest BCUT2D eigenvalue weighted by atomic mass is 9.90. The predicted molar refractivity (Wildman–Crippen MR) is 71.7 cm³/mol. The lowest BCUT2D eigenvalue weighted by Gasteiger charge is -2.28. The largest absolute Gasteiger partial charge is 0.494 e. The Balaban J connectivity index is 2.84. The van der Waals surface area contributed by atoms with Crippen molar-refractivity contribution in [1.29, 1.82) is 0 Å². The number of ether oxygens (including phenoxy) is 2. The summed E-state index contributed by atoms with van der Waals surface area (Å²) in [5, 5.41) is 10.6. The zero-order valence-electron chi connectivity index (χ0n) is 11.2. The van der Waals surface area contributed by atoms with Crippen molar-refractivity contribution in [3.05, 3.63) is 29.8 Å². The molecule has 1 unspecified atom stereocenters. The van der Waals surface area contributed by atoms with Crippen molar-refractivity contribution in [3.8, 4) is 5.75 Å². The van der Waals surface area contributed by atoms with Crippen LogP contribution in [0.2, 0.25) is 0 Å². The molecule has 0 aromatic heterocycles. The lowest BCUT2D eigenvalue weighted by molar-refractivity contribution is -0.0429. The summed E-state index contributed by atoms with van der Waals surface area (Å²) in [6, 6.07) is 7.48. The summed E-state index contributed by atoms with van der Waals surface area (Å²) in [5.41, 5.74) is 5.36. The Bertz CT molecular complexity index is 339. The number of hydrogen-bond acceptors (Lipinski definition) is 4. The third-order valence-electron chi connectivity index (χ3n) is 2.88. The van der Waals surface area contributed by atoms with E-state index >= 15 is 0 Å². The number of nitrogens with two attached hydrogens (primary N) is 1. The SMILES string of the molecule is CCOc1ccc(C(O)(CCCN)COC)cc1. The van der Waals surface area contributed by atoms with Gasteiger partial charge in [-0.05, 0) is 44.0 Å². The number of rotatable bonds is 8. The van der Waals surface area contributed by atoms with E-state index in [0.29, 0.717) is 19.6 Å². The maximum absolute atomic E-state index is 10.6. The van der Waals surface area contributed by atoms with Gasteiger partial charge in [-0.25, -0.2) is 0 Å². The smallest absolute Gasteiger partial charge is 0.119 e. The van der Waals surface area contributed by atoms with E-state index in [1.165, 1.54) is 0 Å². The van der Waals surface area contributed by atoms with Crippen molar-refractivity contribution in [2.24, 2.45) is 5.73 Å². The molecule has 1 aromatic rings. The Morgan fingerprint density at radius 3 is 2.44 bits per heavy atom. The van der Waals surface area contributed by atoms with Crippen molar-refractivity contribution >= 4 is 0 Å². The average Bonchev–Trinajstić information content (AvgIpc) is 2.38. The molecule has 0 fully saturated rings. The van der Waals surface area contributed by atoms with Crippen LogP contribution in [0.25, 0.3) is 0 Å². The van der Waals surface area contributed by atoms with Gasteiger partial charge in [0.15, 0.2) is 0 Å². The molecule has 0 saturated heterocycles. The second kappa shape index (κ2) is 7.36. The Kier molecular flexibility index (Phi) is 6.12. The molecule has 102 valence electrons. The highest BCUT2D eigenvalue weighted by Crippen LogP contribution is 2.28. The highest BCUT2D eigenvalue weighted by atomic mass is 16.5. The molecule has 0 aliphatic carbocycles. The fraction of sp³-hybridized carbons (Fsp3) is 0.571. The van der Waals surface area contributed by atoms with E-state index in [1.807, 2.05) is 31.2 Å². The van der Waals surface area contributed by atoms with Crippen LogP contribution in [0.4, 0.5) is 0 Å². The molecule has 4 nitrogen and oxygen atoms in total. The van der Waals surface area contributed by atoms with Crippen molar-refractivity contribution in [1.82, 2.24) is 0 Å². The number of benzene rings is 1. The molecule has 0 spiro atoms. The molecular weight excluding hydrogens is 230 g/mol. The zero-order chi connectivity index (χ0) is 13.4. The molecule has 4 heteroatoms. The first-order chi connectivity index (χ1) is 8.66. The number of hydrogen-bond donors (Lipinski definition) is 2. The lowest BCUT2D eigenvalue weighted by Crippen LogP contribution is -2.32. The molecule has 3 N–H and O–H groups in total. The van der Waals surface area contributed by atoms with Crippen LogP contribution in [0.1, 0.15) is 25.3 Å². The Morgan fingerprint density at radius 2 is 1.94 bits per heavy atom. The average molecular weight is 253 g/mol. The Morgan fingerprint density at radius 1 is 1.28 bits per heavy atom. The van der Waals surface area contributed by atoms with Gasteiger partial charge in [-0.2, -0.15) is 0 Å². The maximum atomic E-state index is 10.6. The molecule has 18 heavy (non-hydrogen) atoms. The van der Waals surface area contributed by atoms with Crippen LogP contribution in [0.3, 0.4) is 0 Å². The second-order valence-corrected chi connectivity index (χ2v) is 4.31. The molecule has 1 aromatic carbocycles. The quantitative estimate of drug-likeness (QED) is 0.739. The molecule has 1 atom stereocenters. The Labute approximate surface area is 109 Å². The fourth-order valence-corrected chi connectivity index (χ4v) is 1.96. The zero-order valence-corrected chi connectivity index (χ0v) is 11.2. The van der Waals surface area contributed by atoms with Crippen molar-refractivity contribution in [2.75, 3.05) is 26.9 Å².